The Balaban J connectivity index is 1.37. The molecule has 9 heteroatoms. The topological polar surface area (TPSA) is 107 Å². The molecule has 1 aromatic heterocycles. The zero-order chi connectivity index (χ0) is 23.2. The molecular formula is C24H26N4O5. The lowest BCUT2D eigenvalue weighted by Crippen LogP contribution is -2.41. The predicted molar refractivity (Wildman–Crippen MR) is 122 cm³/mol. The Hall–Kier alpha value is -3.88. The third-order valence-corrected chi connectivity index (χ3v) is 5.49. The number of carbonyl (C=O) groups excluding carboxylic acids is 2. The van der Waals surface area contributed by atoms with Crippen LogP contribution >= 0.6 is 0 Å². The lowest BCUT2D eigenvalue weighted by atomic mass is 9.97. The third-order valence-electron chi connectivity index (χ3n) is 5.49. The van der Waals surface area contributed by atoms with E-state index in [1.165, 1.54) is 0 Å². The normalized spacial score (nSPS) is 15.7. The van der Waals surface area contributed by atoms with Crippen LogP contribution in [-0.4, -0.2) is 48.8 Å². The molecular weight excluding hydrogens is 424 g/mol. The summed E-state index contributed by atoms with van der Waals surface area (Å²) in [6.07, 6.45) is 1.60. The molecule has 4 rings (SSSR count). The summed E-state index contributed by atoms with van der Waals surface area (Å²) in [4.78, 5) is 31.1. The SMILES string of the molecule is CCOC(=O)c1ccc(NC(=O)[C@@H]2CCCN(c3nc(-c4ccc(OC)cc4)no3)C2)cc1. The van der Waals surface area contributed by atoms with Crippen LogP contribution in [0.25, 0.3) is 11.4 Å². The van der Waals surface area contributed by atoms with Crippen LogP contribution in [0.3, 0.4) is 0 Å². The van der Waals surface area contributed by atoms with E-state index in [0.717, 1.165) is 30.7 Å². The van der Waals surface area contributed by atoms with Gasteiger partial charge >= 0.3 is 12.0 Å². The minimum atomic E-state index is -0.383. The summed E-state index contributed by atoms with van der Waals surface area (Å²) in [7, 11) is 1.61. The number of esters is 1. The second-order valence-electron chi connectivity index (χ2n) is 7.70. The van der Waals surface area contributed by atoms with Gasteiger partial charge in [-0.3, -0.25) is 4.79 Å². The molecule has 2 heterocycles. The van der Waals surface area contributed by atoms with Crippen LogP contribution < -0.4 is 15.0 Å². The van der Waals surface area contributed by atoms with Crippen molar-refractivity contribution in [1.82, 2.24) is 10.1 Å². The number of piperidine rings is 1. The minimum absolute atomic E-state index is 0.0847. The zero-order valence-corrected chi connectivity index (χ0v) is 18.6. The number of ether oxygens (including phenoxy) is 2. The first-order valence-corrected chi connectivity index (χ1v) is 10.9. The average molecular weight is 450 g/mol. The van der Waals surface area contributed by atoms with Crippen molar-refractivity contribution < 1.29 is 23.6 Å². The Morgan fingerprint density at radius 1 is 1.15 bits per heavy atom. The van der Waals surface area contributed by atoms with Gasteiger partial charge in [0.1, 0.15) is 5.75 Å². The molecule has 1 aliphatic rings. The van der Waals surface area contributed by atoms with E-state index in [-0.39, 0.29) is 17.8 Å². The van der Waals surface area contributed by atoms with Crippen LogP contribution in [0.4, 0.5) is 11.7 Å². The summed E-state index contributed by atoms with van der Waals surface area (Å²) in [6.45, 7) is 3.30. The molecule has 1 fully saturated rings. The zero-order valence-electron chi connectivity index (χ0n) is 18.6. The van der Waals surface area contributed by atoms with Crippen molar-refractivity contribution >= 4 is 23.6 Å². The van der Waals surface area contributed by atoms with Gasteiger partial charge in [-0.25, -0.2) is 4.79 Å². The largest absolute Gasteiger partial charge is 0.497 e. The summed E-state index contributed by atoms with van der Waals surface area (Å²) < 4.78 is 15.6. The number of amides is 1. The van der Waals surface area contributed by atoms with Crippen molar-refractivity contribution in [2.24, 2.45) is 5.92 Å². The van der Waals surface area contributed by atoms with Gasteiger partial charge in [-0.05, 0) is 68.3 Å². The molecule has 1 amide bonds. The van der Waals surface area contributed by atoms with Gasteiger partial charge in [-0.15, -0.1) is 0 Å². The van der Waals surface area contributed by atoms with E-state index in [2.05, 4.69) is 15.5 Å². The number of hydrogen-bond acceptors (Lipinski definition) is 8. The molecule has 3 aromatic rings. The van der Waals surface area contributed by atoms with Gasteiger partial charge in [0.25, 0.3) is 0 Å². The van der Waals surface area contributed by atoms with Gasteiger partial charge in [0.2, 0.25) is 11.7 Å². The highest BCUT2D eigenvalue weighted by molar-refractivity contribution is 5.94. The maximum atomic E-state index is 12.8. The minimum Gasteiger partial charge on any atom is -0.497 e. The van der Waals surface area contributed by atoms with E-state index in [0.29, 0.717) is 36.2 Å². The molecule has 172 valence electrons. The highest BCUT2D eigenvalue weighted by atomic mass is 16.5. The number of benzene rings is 2. The van der Waals surface area contributed by atoms with Crippen LogP contribution in [0.5, 0.6) is 5.75 Å². The van der Waals surface area contributed by atoms with Crippen LogP contribution in [0, 0.1) is 5.92 Å². The standard InChI is InChI=1S/C24H26N4O5/c1-3-32-23(30)17-6-10-19(11-7-17)25-22(29)18-5-4-14-28(15-18)24-26-21(27-33-24)16-8-12-20(31-2)13-9-16/h6-13,18H,3-5,14-15H2,1-2H3,(H,25,29)/t18-/m1/s1. The lowest BCUT2D eigenvalue weighted by Gasteiger charge is -2.30. The summed E-state index contributed by atoms with van der Waals surface area (Å²) in [5, 5.41) is 7.01. The van der Waals surface area contributed by atoms with Crippen molar-refractivity contribution in [3.8, 4) is 17.1 Å². The molecule has 0 spiro atoms. The molecule has 2 aromatic carbocycles. The quantitative estimate of drug-likeness (QED) is 0.542. The van der Waals surface area contributed by atoms with E-state index in [9.17, 15) is 9.59 Å². The number of aromatic nitrogens is 2. The molecule has 0 saturated carbocycles. The van der Waals surface area contributed by atoms with Crippen molar-refractivity contribution in [2.45, 2.75) is 19.8 Å². The van der Waals surface area contributed by atoms with Gasteiger partial charge in [0.15, 0.2) is 0 Å². The average Bonchev–Trinajstić information content (AvgIpc) is 3.35. The van der Waals surface area contributed by atoms with Gasteiger partial charge < -0.3 is 24.2 Å². The van der Waals surface area contributed by atoms with Crippen LogP contribution in [0.2, 0.25) is 0 Å². The van der Waals surface area contributed by atoms with E-state index < -0.39 is 0 Å². The van der Waals surface area contributed by atoms with Gasteiger partial charge in [0, 0.05) is 24.3 Å². The van der Waals surface area contributed by atoms with E-state index >= 15 is 0 Å². The first kappa shape index (κ1) is 22.3. The Morgan fingerprint density at radius 3 is 2.61 bits per heavy atom. The van der Waals surface area contributed by atoms with Crippen molar-refractivity contribution in [3.63, 3.8) is 0 Å². The molecule has 1 atom stereocenters. The number of hydrogen-bond donors (Lipinski definition) is 1. The molecule has 0 bridgehead atoms. The molecule has 1 saturated heterocycles. The first-order valence-electron chi connectivity index (χ1n) is 10.9. The Labute approximate surface area is 191 Å². The van der Waals surface area contributed by atoms with Crippen molar-refractivity contribution in [3.05, 3.63) is 54.1 Å². The van der Waals surface area contributed by atoms with Crippen LogP contribution in [0.15, 0.2) is 53.1 Å². The second kappa shape index (κ2) is 10.2. The highest BCUT2D eigenvalue weighted by Gasteiger charge is 2.29. The molecule has 33 heavy (non-hydrogen) atoms. The lowest BCUT2D eigenvalue weighted by molar-refractivity contribution is -0.120. The molecule has 0 unspecified atom stereocenters. The number of anilines is 2. The summed E-state index contributed by atoms with van der Waals surface area (Å²) in [6, 6.07) is 14.5. The first-order chi connectivity index (χ1) is 16.1. The van der Waals surface area contributed by atoms with Gasteiger partial charge in [-0.2, -0.15) is 4.98 Å². The number of rotatable bonds is 7. The number of nitrogens with zero attached hydrogens (tertiary/aromatic N) is 3. The summed E-state index contributed by atoms with van der Waals surface area (Å²) in [5.41, 5.74) is 1.90. The maximum Gasteiger partial charge on any atom is 0.338 e. The van der Waals surface area contributed by atoms with Gasteiger partial charge in [0.05, 0.1) is 25.2 Å². The Bertz CT molecular complexity index is 1090. The van der Waals surface area contributed by atoms with Crippen molar-refractivity contribution in [1.29, 1.82) is 0 Å². The molecule has 1 N–H and O–H groups in total. The predicted octanol–water partition coefficient (Wildman–Crippen LogP) is 3.78. The van der Waals surface area contributed by atoms with E-state index in [1.54, 1.807) is 38.3 Å². The summed E-state index contributed by atoms with van der Waals surface area (Å²) >= 11 is 0. The Kier molecular flexibility index (Phi) is 6.87. The second-order valence-corrected chi connectivity index (χ2v) is 7.70. The van der Waals surface area contributed by atoms with Crippen LogP contribution in [0.1, 0.15) is 30.1 Å². The van der Waals surface area contributed by atoms with Crippen LogP contribution in [-0.2, 0) is 9.53 Å². The smallest absolute Gasteiger partial charge is 0.338 e. The monoisotopic (exact) mass is 450 g/mol. The van der Waals surface area contributed by atoms with E-state index in [4.69, 9.17) is 14.0 Å². The molecule has 0 aliphatic carbocycles. The maximum absolute atomic E-state index is 12.8. The van der Waals surface area contributed by atoms with Crippen molar-refractivity contribution in [2.75, 3.05) is 37.0 Å². The molecule has 9 nitrogen and oxygen atoms in total. The summed E-state index contributed by atoms with van der Waals surface area (Å²) in [5.74, 6) is 0.550. The Morgan fingerprint density at radius 2 is 1.91 bits per heavy atom. The number of methoxy groups -OCH3 is 1. The van der Waals surface area contributed by atoms with Gasteiger partial charge in [-0.1, -0.05) is 5.16 Å². The third kappa shape index (κ3) is 5.31. The fourth-order valence-electron chi connectivity index (χ4n) is 3.71. The molecule has 1 aliphatic heterocycles. The van der Waals surface area contributed by atoms with E-state index in [1.807, 2.05) is 29.2 Å². The highest BCUT2D eigenvalue weighted by Crippen LogP contribution is 2.26. The fourth-order valence-corrected chi connectivity index (χ4v) is 3.71. The number of nitrogens with one attached hydrogen (secondary N) is 1. The number of carbonyl (C=O) groups is 2. The molecule has 0 radical (unpaired) electrons. The fraction of sp³-hybridized carbons (Fsp3) is 0.333.